The van der Waals surface area contributed by atoms with Gasteiger partial charge in [-0.05, 0) is 6.92 Å². The lowest BCUT2D eigenvalue weighted by Crippen LogP contribution is -2.29. The first-order valence-electron chi connectivity index (χ1n) is 4.38. The van der Waals surface area contributed by atoms with Crippen LogP contribution >= 0.6 is 0 Å². The van der Waals surface area contributed by atoms with Crippen LogP contribution in [0.1, 0.15) is 24.6 Å². The zero-order valence-electron chi connectivity index (χ0n) is 7.57. The Morgan fingerprint density at radius 1 is 1.69 bits per heavy atom. The highest BCUT2D eigenvalue weighted by Crippen LogP contribution is 2.34. The summed E-state index contributed by atoms with van der Waals surface area (Å²) < 4.78 is 1.90. The number of nitrogen functional groups attached to an aromatic ring is 1. The first-order valence-corrected chi connectivity index (χ1v) is 4.38. The summed E-state index contributed by atoms with van der Waals surface area (Å²) in [6.45, 7) is 8.73. The SMILES string of the molecule is [C-]#[N+]C1CC(n2cc(N)c(C)n2)C1. The molecule has 0 unspecified atom stereocenters. The highest BCUT2D eigenvalue weighted by atomic mass is 15.3. The van der Waals surface area contributed by atoms with Gasteiger partial charge < -0.3 is 10.6 Å². The fraction of sp³-hybridized carbons (Fsp3) is 0.556. The van der Waals surface area contributed by atoms with Crippen LogP contribution in [0, 0.1) is 13.5 Å². The Labute approximate surface area is 77.2 Å². The number of nitrogens with zero attached hydrogens (tertiary/aromatic N) is 3. The molecule has 0 atom stereocenters. The summed E-state index contributed by atoms with van der Waals surface area (Å²) >= 11 is 0. The van der Waals surface area contributed by atoms with Gasteiger partial charge in [-0.15, -0.1) is 0 Å². The van der Waals surface area contributed by atoms with Crippen molar-refractivity contribution in [3.05, 3.63) is 23.3 Å². The third-order valence-electron chi connectivity index (χ3n) is 2.60. The smallest absolute Gasteiger partial charge is 0.227 e. The van der Waals surface area contributed by atoms with Crippen molar-refractivity contribution in [1.82, 2.24) is 9.78 Å². The summed E-state index contributed by atoms with van der Waals surface area (Å²) in [7, 11) is 0. The molecule has 1 aromatic rings. The van der Waals surface area contributed by atoms with Crippen molar-refractivity contribution in [2.45, 2.75) is 31.8 Å². The van der Waals surface area contributed by atoms with E-state index >= 15 is 0 Å². The second-order valence-electron chi connectivity index (χ2n) is 3.56. The van der Waals surface area contributed by atoms with E-state index in [0.717, 1.165) is 24.2 Å². The first-order chi connectivity index (χ1) is 6.20. The fourth-order valence-electron chi connectivity index (χ4n) is 1.56. The van der Waals surface area contributed by atoms with E-state index in [2.05, 4.69) is 9.94 Å². The molecule has 0 amide bonds. The summed E-state index contributed by atoms with van der Waals surface area (Å²) in [4.78, 5) is 3.48. The van der Waals surface area contributed by atoms with Crippen molar-refractivity contribution in [3.63, 3.8) is 0 Å². The second kappa shape index (κ2) is 2.77. The van der Waals surface area contributed by atoms with Crippen LogP contribution < -0.4 is 5.73 Å². The molecule has 0 saturated heterocycles. The van der Waals surface area contributed by atoms with Gasteiger partial charge in [0.1, 0.15) is 0 Å². The standard InChI is InChI=1S/C9H12N4/c1-6-9(10)5-13(12-6)8-3-7(4-8)11-2/h5,7-8H,3-4,10H2,1H3. The van der Waals surface area contributed by atoms with E-state index in [0.29, 0.717) is 6.04 Å². The molecule has 2 N–H and O–H groups in total. The van der Waals surface area contributed by atoms with E-state index in [9.17, 15) is 0 Å². The molecular weight excluding hydrogens is 164 g/mol. The Balaban J connectivity index is 2.08. The number of hydrogen-bond donors (Lipinski definition) is 1. The molecule has 1 aliphatic carbocycles. The van der Waals surface area contributed by atoms with Crippen LogP contribution in [0.15, 0.2) is 6.20 Å². The first kappa shape index (κ1) is 8.11. The predicted molar refractivity (Wildman–Crippen MR) is 50.0 cm³/mol. The predicted octanol–water partition coefficient (Wildman–Crippen LogP) is 1.40. The molecule has 1 heterocycles. The monoisotopic (exact) mass is 176 g/mol. The Hall–Kier alpha value is -1.50. The normalized spacial score (nSPS) is 26.5. The van der Waals surface area contributed by atoms with Crippen molar-refractivity contribution < 1.29 is 0 Å². The summed E-state index contributed by atoms with van der Waals surface area (Å²) in [6, 6.07) is 0.603. The average Bonchev–Trinajstić information content (AvgIpc) is 2.30. The van der Waals surface area contributed by atoms with E-state index in [1.807, 2.05) is 17.8 Å². The van der Waals surface area contributed by atoms with E-state index in [4.69, 9.17) is 12.3 Å². The molecule has 0 bridgehead atoms. The van der Waals surface area contributed by atoms with Gasteiger partial charge in [-0.1, -0.05) is 0 Å². The molecule has 0 aliphatic heterocycles. The summed E-state index contributed by atoms with van der Waals surface area (Å²) in [5.74, 6) is 0. The second-order valence-corrected chi connectivity index (χ2v) is 3.56. The topological polar surface area (TPSA) is 48.2 Å². The molecule has 4 heteroatoms. The zero-order chi connectivity index (χ0) is 9.42. The van der Waals surface area contributed by atoms with Gasteiger partial charge in [-0.25, -0.2) is 6.57 Å². The van der Waals surface area contributed by atoms with Crippen LogP contribution in [0.4, 0.5) is 5.69 Å². The maximum absolute atomic E-state index is 6.83. The highest BCUT2D eigenvalue weighted by molar-refractivity contribution is 5.39. The van der Waals surface area contributed by atoms with Gasteiger partial charge in [0.2, 0.25) is 6.04 Å². The van der Waals surface area contributed by atoms with Crippen LogP contribution in [0.3, 0.4) is 0 Å². The third-order valence-corrected chi connectivity index (χ3v) is 2.60. The molecule has 68 valence electrons. The molecule has 0 aromatic carbocycles. The number of aromatic nitrogens is 2. The Morgan fingerprint density at radius 3 is 2.85 bits per heavy atom. The minimum atomic E-state index is 0.204. The Kier molecular flexibility index (Phi) is 1.73. The molecule has 1 fully saturated rings. The quantitative estimate of drug-likeness (QED) is 0.657. The molecular formula is C9H12N4. The largest absolute Gasteiger partial charge is 0.396 e. The third kappa shape index (κ3) is 1.26. The van der Waals surface area contributed by atoms with Gasteiger partial charge in [0, 0.05) is 19.0 Å². The van der Waals surface area contributed by atoms with Gasteiger partial charge in [0.15, 0.2) is 0 Å². The molecule has 0 radical (unpaired) electrons. The summed E-state index contributed by atoms with van der Waals surface area (Å²) in [5, 5.41) is 4.29. The number of hydrogen-bond acceptors (Lipinski definition) is 2. The van der Waals surface area contributed by atoms with E-state index in [-0.39, 0.29) is 6.04 Å². The lowest BCUT2D eigenvalue weighted by Gasteiger charge is -2.26. The Bertz CT molecular complexity index is 335. The summed E-state index contributed by atoms with van der Waals surface area (Å²) in [6.07, 6.45) is 3.70. The molecule has 2 rings (SSSR count). The van der Waals surface area contributed by atoms with Crippen LogP contribution in [0.5, 0.6) is 0 Å². The van der Waals surface area contributed by atoms with E-state index in [1.165, 1.54) is 0 Å². The maximum Gasteiger partial charge on any atom is 0.227 e. The average molecular weight is 176 g/mol. The fourth-order valence-corrected chi connectivity index (χ4v) is 1.56. The molecule has 13 heavy (non-hydrogen) atoms. The minimum Gasteiger partial charge on any atom is -0.396 e. The van der Waals surface area contributed by atoms with Gasteiger partial charge in [-0.2, -0.15) is 5.10 Å². The number of nitrogens with two attached hydrogens (primary N) is 1. The van der Waals surface area contributed by atoms with Gasteiger partial charge in [0.25, 0.3) is 0 Å². The lowest BCUT2D eigenvalue weighted by molar-refractivity contribution is 0.273. The molecule has 0 spiro atoms. The molecule has 1 saturated carbocycles. The molecule has 1 aliphatic rings. The van der Waals surface area contributed by atoms with E-state index in [1.54, 1.807) is 0 Å². The number of anilines is 1. The molecule has 1 aromatic heterocycles. The molecule has 4 nitrogen and oxygen atoms in total. The van der Waals surface area contributed by atoms with E-state index < -0.39 is 0 Å². The zero-order valence-corrected chi connectivity index (χ0v) is 7.57. The van der Waals surface area contributed by atoms with Gasteiger partial charge in [0.05, 0.1) is 17.4 Å². The van der Waals surface area contributed by atoms with Crippen LogP contribution in [0.25, 0.3) is 4.85 Å². The highest BCUT2D eigenvalue weighted by Gasteiger charge is 2.35. The van der Waals surface area contributed by atoms with Crippen LogP contribution in [-0.2, 0) is 0 Å². The number of rotatable bonds is 1. The number of aryl methyl sites for hydroxylation is 1. The van der Waals surface area contributed by atoms with Crippen molar-refractivity contribution in [2.75, 3.05) is 5.73 Å². The van der Waals surface area contributed by atoms with Gasteiger partial charge in [-0.3, -0.25) is 4.68 Å². The van der Waals surface area contributed by atoms with Crippen molar-refractivity contribution in [2.24, 2.45) is 0 Å². The lowest BCUT2D eigenvalue weighted by atomic mass is 9.88. The summed E-state index contributed by atoms with van der Waals surface area (Å²) in [5.41, 5.74) is 7.30. The van der Waals surface area contributed by atoms with Crippen molar-refractivity contribution in [1.29, 1.82) is 0 Å². The van der Waals surface area contributed by atoms with Gasteiger partial charge >= 0.3 is 0 Å². The van der Waals surface area contributed by atoms with Crippen molar-refractivity contribution >= 4 is 5.69 Å². The van der Waals surface area contributed by atoms with Crippen molar-refractivity contribution in [3.8, 4) is 0 Å². The Morgan fingerprint density at radius 2 is 2.38 bits per heavy atom. The van der Waals surface area contributed by atoms with Crippen LogP contribution in [-0.4, -0.2) is 15.8 Å². The van der Waals surface area contributed by atoms with Crippen LogP contribution in [0.2, 0.25) is 0 Å². The maximum atomic E-state index is 6.83. The minimum absolute atomic E-state index is 0.204.